The topological polar surface area (TPSA) is 17.1 Å². The lowest BCUT2D eigenvalue weighted by Crippen LogP contribution is -1.88. The molecule has 2 rings (SSSR count). The summed E-state index contributed by atoms with van der Waals surface area (Å²) in [5, 5.41) is 3.90. The van der Waals surface area contributed by atoms with Gasteiger partial charge in [0.2, 0.25) is 0 Å². The van der Waals surface area contributed by atoms with Gasteiger partial charge in [0.25, 0.3) is 0 Å². The Hall–Kier alpha value is -0.230. The Morgan fingerprint density at radius 2 is 1.81 bits per heavy atom. The summed E-state index contributed by atoms with van der Waals surface area (Å²) in [4.78, 5) is 13.5. The molecule has 0 aromatic carbocycles. The molecule has 0 fully saturated rings. The fraction of sp³-hybridized carbons (Fsp3) is 0. The van der Waals surface area contributed by atoms with Crippen molar-refractivity contribution < 1.29 is 4.79 Å². The maximum atomic E-state index is 11.7. The van der Waals surface area contributed by atoms with Crippen LogP contribution in [0.5, 0.6) is 0 Å². The summed E-state index contributed by atoms with van der Waals surface area (Å²) in [5.41, 5.74) is 0. The first kappa shape index (κ1) is 12.2. The minimum Gasteiger partial charge on any atom is -0.288 e. The molecule has 0 aliphatic carbocycles. The number of hydrogen-bond acceptors (Lipinski definition) is 3. The van der Waals surface area contributed by atoms with Gasteiger partial charge in [-0.1, -0.05) is 0 Å². The van der Waals surface area contributed by atoms with Crippen molar-refractivity contribution in [2.75, 3.05) is 0 Å². The Balaban J connectivity index is 2.10. The highest BCUT2D eigenvalue weighted by Gasteiger charge is 2.04. The van der Waals surface area contributed by atoms with Gasteiger partial charge in [-0.05, 0) is 56.1 Å². The normalized spacial score (nSPS) is 11.1. The summed E-state index contributed by atoms with van der Waals surface area (Å²) >= 11 is 9.75. The SMILES string of the molecule is O=C(/C=C/c1cc(Br)cs1)c1cc(Br)cs1. The van der Waals surface area contributed by atoms with Crippen molar-refractivity contribution in [2.45, 2.75) is 0 Å². The molecule has 0 saturated carbocycles. The van der Waals surface area contributed by atoms with Gasteiger partial charge in [0.1, 0.15) is 0 Å². The van der Waals surface area contributed by atoms with Gasteiger partial charge in [0.05, 0.1) is 4.88 Å². The van der Waals surface area contributed by atoms with Gasteiger partial charge in [-0.2, -0.15) is 0 Å². The number of allylic oxidation sites excluding steroid dienone is 1. The molecule has 0 radical (unpaired) electrons. The second-order valence-corrected chi connectivity index (χ2v) is 6.68. The van der Waals surface area contributed by atoms with E-state index in [-0.39, 0.29) is 5.78 Å². The highest BCUT2D eigenvalue weighted by Crippen LogP contribution is 2.23. The van der Waals surface area contributed by atoms with Gasteiger partial charge in [-0.15, -0.1) is 22.7 Å². The summed E-state index contributed by atoms with van der Waals surface area (Å²) in [6, 6.07) is 3.82. The van der Waals surface area contributed by atoms with Crippen LogP contribution in [0, 0.1) is 0 Å². The van der Waals surface area contributed by atoms with Gasteiger partial charge >= 0.3 is 0 Å². The van der Waals surface area contributed by atoms with Crippen LogP contribution in [0.3, 0.4) is 0 Å². The van der Waals surface area contributed by atoms with Crippen LogP contribution in [-0.4, -0.2) is 5.78 Å². The van der Waals surface area contributed by atoms with E-state index in [9.17, 15) is 4.79 Å². The van der Waals surface area contributed by atoms with E-state index in [4.69, 9.17) is 0 Å². The lowest BCUT2D eigenvalue weighted by molar-refractivity contribution is 0.105. The van der Waals surface area contributed by atoms with E-state index in [1.807, 2.05) is 29.0 Å². The van der Waals surface area contributed by atoms with E-state index in [0.717, 1.165) is 18.7 Å². The van der Waals surface area contributed by atoms with Crippen molar-refractivity contribution in [3.05, 3.63) is 47.7 Å². The lowest BCUT2D eigenvalue weighted by Gasteiger charge is -1.87. The van der Waals surface area contributed by atoms with Crippen LogP contribution in [0.2, 0.25) is 0 Å². The van der Waals surface area contributed by atoms with Crippen molar-refractivity contribution >= 4 is 66.4 Å². The molecule has 0 bridgehead atoms. The maximum absolute atomic E-state index is 11.7. The fourth-order valence-electron chi connectivity index (χ4n) is 1.10. The van der Waals surface area contributed by atoms with Crippen LogP contribution >= 0.6 is 54.5 Å². The minimum absolute atomic E-state index is 0.0419. The first-order chi connectivity index (χ1) is 7.65. The first-order valence-corrected chi connectivity index (χ1v) is 7.70. The molecular formula is C11H6Br2OS2. The van der Waals surface area contributed by atoms with Crippen LogP contribution in [0.4, 0.5) is 0 Å². The number of rotatable bonds is 3. The zero-order valence-corrected chi connectivity index (χ0v) is 12.7. The Kier molecular flexibility index (Phi) is 4.13. The summed E-state index contributed by atoms with van der Waals surface area (Å²) < 4.78 is 2.00. The van der Waals surface area contributed by atoms with Crippen molar-refractivity contribution in [3.63, 3.8) is 0 Å². The van der Waals surface area contributed by atoms with E-state index in [1.54, 1.807) is 17.4 Å². The molecule has 0 spiro atoms. The second-order valence-electron chi connectivity index (χ2n) is 2.99. The summed E-state index contributed by atoms with van der Waals surface area (Å²) in [6.45, 7) is 0. The van der Waals surface area contributed by atoms with E-state index < -0.39 is 0 Å². The molecule has 0 amide bonds. The number of ketones is 1. The Morgan fingerprint density at radius 3 is 2.38 bits per heavy atom. The number of hydrogen-bond donors (Lipinski definition) is 0. The Morgan fingerprint density at radius 1 is 1.12 bits per heavy atom. The average molecular weight is 378 g/mol. The first-order valence-electron chi connectivity index (χ1n) is 4.35. The smallest absolute Gasteiger partial charge is 0.195 e. The molecule has 0 atom stereocenters. The third-order valence-electron chi connectivity index (χ3n) is 1.80. The fourth-order valence-corrected chi connectivity index (χ4v) is 3.78. The van der Waals surface area contributed by atoms with E-state index >= 15 is 0 Å². The molecule has 5 heteroatoms. The number of carbonyl (C=O) groups is 1. The summed E-state index contributed by atoms with van der Waals surface area (Å²) in [6.07, 6.45) is 3.45. The van der Waals surface area contributed by atoms with Gasteiger partial charge in [-0.25, -0.2) is 0 Å². The maximum Gasteiger partial charge on any atom is 0.195 e. The molecule has 0 unspecified atom stereocenters. The molecular weight excluding hydrogens is 372 g/mol. The van der Waals surface area contributed by atoms with E-state index in [0.29, 0.717) is 0 Å². The Labute approximate surface area is 118 Å². The van der Waals surface area contributed by atoms with Crippen LogP contribution in [0.25, 0.3) is 6.08 Å². The highest BCUT2D eigenvalue weighted by molar-refractivity contribution is 9.10. The molecule has 0 N–H and O–H groups in total. The molecule has 1 nitrogen and oxygen atoms in total. The molecule has 82 valence electrons. The molecule has 0 saturated heterocycles. The number of carbonyl (C=O) groups excluding carboxylic acids is 1. The van der Waals surface area contributed by atoms with Crippen molar-refractivity contribution in [3.8, 4) is 0 Å². The molecule has 0 aliphatic heterocycles. The van der Waals surface area contributed by atoms with Crippen molar-refractivity contribution in [1.29, 1.82) is 0 Å². The minimum atomic E-state index is 0.0419. The van der Waals surface area contributed by atoms with Crippen LogP contribution < -0.4 is 0 Å². The van der Waals surface area contributed by atoms with E-state index in [1.165, 1.54) is 11.3 Å². The van der Waals surface area contributed by atoms with Crippen molar-refractivity contribution in [2.24, 2.45) is 0 Å². The summed E-state index contributed by atoms with van der Waals surface area (Å²) in [7, 11) is 0. The average Bonchev–Trinajstić information content (AvgIpc) is 2.84. The zero-order valence-electron chi connectivity index (χ0n) is 7.94. The zero-order chi connectivity index (χ0) is 11.5. The molecule has 0 aliphatic rings. The number of thiophene rings is 2. The quantitative estimate of drug-likeness (QED) is 0.528. The second kappa shape index (κ2) is 5.40. The Bertz CT molecular complexity index is 540. The predicted molar refractivity (Wildman–Crippen MR) is 77.4 cm³/mol. The van der Waals surface area contributed by atoms with Gasteiger partial charge in [0, 0.05) is 24.6 Å². The van der Waals surface area contributed by atoms with Crippen LogP contribution in [0.15, 0.2) is 37.9 Å². The van der Waals surface area contributed by atoms with Crippen LogP contribution in [-0.2, 0) is 0 Å². The van der Waals surface area contributed by atoms with Crippen LogP contribution in [0.1, 0.15) is 14.5 Å². The number of halogens is 2. The largest absolute Gasteiger partial charge is 0.288 e. The van der Waals surface area contributed by atoms with Gasteiger partial charge in [0.15, 0.2) is 5.78 Å². The van der Waals surface area contributed by atoms with Crippen molar-refractivity contribution in [1.82, 2.24) is 0 Å². The molecule has 2 heterocycles. The molecule has 2 aromatic rings. The third kappa shape index (κ3) is 3.13. The van der Waals surface area contributed by atoms with Gasteiger partial charge in [-0.3, -0.25) is 4.79 Å². The monoisotopic (exact) mass is 376 g/mol. The predicted octanol–water partition coefficient (Wildman–Crippen LogP) is 5.23. The standard InChI is InChI=1S/C11H6Br2OS2/c12-7-3-9(15-5-7)1-2-10(14)11-4-8(13)6-16-11/h1-6H/b2-1+. The highest BCUT2D eigenvalue weighted by atomic mass is 79.9. The third-order valence-corrected chi connectivity index (χ3v) is 5.16. The summed E-state index contributed by atoms with van der Waals surface area (Å²) in [5.74, 6) is 0.0419. The molecule has 16 heavy (non-hydrogen) atoms. The van der Waals surface area contributed by atoms with E-state index in [2.05, 4.69) is 31.9 Å². The lowest BCUT2D eigenvalue weighted by atomic mass is 10.3. The van der Waals surface area contributed by atoms with Gasteiger partial charge < -0.3 is 0 Å². The molecule has 2 aromatic heterocycles.